The van der Waals surface area contributed by atoms with Crippen LogP contribution < -0.4 is 4.74 Å². The van der Waals surface area contributed by atoms with Crippen molar-refractivity contribution < 1.29 is 17.5 Å². The molecule has 1 aliphatic rings. The second-order valence-electron chi connectivity index (χ2n) is 6.82. The van der Waals surface area contributed by atoms with Gasteiger partial charge in [0.2, 0.25) is 10.0 Å². The largest absolute Gasteiger partial charge is 0.492 e. The molecule has 27 heavy (non-hydrogen) atoms. The van der Waals surface area contributed by atoms with Crippen LogP contribution in [0.5, 0.6) is 5.75 Å². The smallest absolute Gasteiger partial charge is 0.243 e. The summed E-state index contributed by atoms with van der Waals surface area (Å²) in [5.41, 5.74) is 1.71. The Morgan fingerprint density at radius 1 is 1.00 bits per heavy atom. The fourth-order valence-corrected chi connectivity index (χ4v) is 4.87. The van der Waals surface area contributed by atoms with E-state index in [4.69, 9.17) is 4.74 Å². The van der Waals surface area contributed by atoms with Crippen LogP contribution in [0.4, 0.5) is 4.39 Å². The van der Waals surface area contributed by atoms with Gasteiger partial charge in [-0.1, -0.05) is 12.1 Å². The number of ether oxygens (including phenoxy) is 1. The van der Waals surface area contributed by atoms with Crippen LogP contribution in [0.1, 0.15) is 11.1 Å². The van der Waals surface area contributed by atoms with Crippen molar-refractivity contribution in [1.82, 2.24) is 9.21 Å². The third-order valence-electron chi connectivity index (χ3n) is 4.78. The number of benzene rings is 2. The maximum Gasteiger partial charge on any atom is 0.243 e. The van der Waals surface area contributed by atoms with Gasteiger partial charge in [0.05, 0.1) is 4.90 Å². The topological polar surface area (TPSA) is 49.9 Å². The number of halogens is 1. The van der Waals surface area contributed by atoms with Crippen molar-refractivity contribution in [2.24, 2.45) is 0 Å². The molecule has 0 N–H and O–H groups in total. The zero-order chi connectivity index (χ0) is 19.4. The maximum atomic E-state index is 12.9. The molecule has 1 aliphatic heterocycles. The fourth-order valence-electron chi connectivity index (χ4n) is 3.14. The second-order valence-corrected chi connectivity index (χ2v) is 8.72. The van der Waals surface area contributed by atoms with Crippen molar-refractivity contribution >= 4 is 10.0 Å². The van der Waals surface area contributed by atoms with Gasteiger partial charge in [0.1, 0.15) is 18.2 Å². The van der Waals surface area contributed by atoms with Gasteiger partial charge >= 0.3 is 0 Å². The minimum Gasteiger partial charge on any atom is -0.492 e. The number of rotatable bonds is 6. The summed E-state index contributed by atoms with van der Waals surface area (Å²) in [5.74, 6) is 0.344. The van der Waals surface area contributed by atoms with E-state index < -0.39 is 10.0 Å². The van der Waals surface area contributed by atoms with Crippen LogP contribution in [0.3, 0.4) is 0 Å². The van der Waals surface area contributed by atoms with E-state index in [0.717, 1.165) is 11.1 Å². The molecule has 7 heteroatoms. The van der Waals surface area contributed by atoms with Gasteiger partial charge in [-0.15, -0.1) is 0 Å². The highest BCUT2D eigenvalue weighted by atomic mass is 32.2. The molecule has 0 aliphatic carbocycles. The second kappa shape index (κ2) is 8.37. The lowest BCUT2D eigenvalue weighted by Crippen LogP contribution is -2.49. The van der Waals surface area contributed by atoms with Crippen LogP contribution in [0.25, 0.3) is 0 Å². The van der Waals surface area contributed by atoms with Crippen LogP contribution in [-0.2, 0) is 10.0 Å². The summed E-state index contributed by atoms with van der Waals surface area (Å²) in [6.45, 7) is 7.17. The maximum absolute atomic E-state index is 12.9. The molecule has 0 bridgehead atoms. The van der Waals surface area contributed by atoms with E-state index in [1.807, 2.05) is 26.0 Å². The van der Waals surface area contributed by atoms with E-state index in [9.17, 15) is 12.8 Å². The molecule has 0 aromatic heterocycles. The molecule has 1 heterocycles. The summed E-state index contributed by atoms with van der Waals surface area (Å²) in [6, 6.07) is 11.5. The molecular formula is C20H25FN2O3S. The van der Waals surface area contributed by atoms with E-state index in [1.54, 1.807) is 22.5 Å². The first kappa shape index (κ1) is 19.8. The van der Waals surface area contributed by atoms with Crippen molar-refractivity contribution in [3.63, 3.8) is 0 Å². The number of piperazine rings is 1. The van der Waals surface area contributed by atoms with Crippen molar-refractivity contribution in [2.45, 2.75) is 18.7 Å². The van der Waals surface area contributed by atoms with Crippen molar-refractivity contribution in [1.29, 1.82) is 0 Å². The average molecular weight is 392 g/mol. The number of sulfonamides is 1. The molecule has 0 spiro atoms. The summed E-state index contributed by atoms with van der Waals surface area (Å²) in [7, 11) is -3.47. The molecule has 5 nitrogen and oxygen atoms in total. The third kappa shape index (κ3) is 4.86. The van der Waals surface area contributed by atoms with Crippen molar-refractivity contribution in [3.8, 4) is 5.75 Å². The summed E-state index contributed by atoms with van der Waals surface area (Å²) in [6.07, 6.45) is 0. The van der Waals surface area contributed by atoms with Gasteiger partial charge < -0.3 is 4.74 Å². The van der Waals surface area contributed by atoms with Crippen LogP contribution in [0.15, 0.2) is 47.4 Å². The van der Waals surface area contributed by atoms with Gasteiger partial charge in [-0.3, -0.25) is 4.90 Å². The number of hydrogen-bond donors (Lipinski definition) is 0. The molecule has 1 saturated heterocycles. The Balaban J connectivity index is 1.52. The zero-order valence-electron chi connectivity index (χ0n) is 15.7. The van der Waals surface area contributed by atoms with E-state index in [2.05, 4.69) is 4.90 Å². The molecule has 0 amide bonds. The minimum atomic E-state index is -3.47. The van der Waals surface area contributed by atoms with E-state index >= 15 is 0 Å². The van der Waals surface area contributed by atoms with Crippen LogP contribution in [-0.4, -0.2) is 57.0 Å². The van der Waals surface area contributed by atoms with Crippen molar-refractivity contribution in [2.75, 3.05) is 39.3 Å². The van der Waals surface area contributed by atoms with Crippen LogP contribution in [0, 0.1) is 19.7 Å². The lowest BCUT2D eigenvalue weighted by atomic mass is 10.2. The van der Waals surface area contributed by atoms with Gasteiger partial charge in [0, 0.05) is 32.7 Å². The molecule has 1 fully saturated rings. The van der Waals surface area contributed by atoms with Gasteiger partial charge in [0.15, 0.2) is 0 Å². The standard InChI is InChI=1S/C20H25FN2O3S/c1-16-3-4-17(2)20(15-16)27(24,25)23-11-9-22(10-12-23)13-14-26-19-7-5-18(21)6-8-19/h3-8,15H,9-14H2,1-2H3. The average Bonchev–Trinajstić information content (AvgIpc) is 2.66. The predicted octanol–water partition coefficient (Wildman–Crippen LogP) is 2.83. The fraction of sp³-hybridized carbons (Fsp3) is 0.400. The predicted molar refractivity (Wildman–Crippen MR) is 103 cm³/mol. The Morgan fingerprint density at radius 2 is 1.67 bits per heavy atom. The quantitative estimate of drug-likeness (QED) is 0.759. The first-order chi connectivity index (χ1) is 12.9. The first-order valence-corrected chi connectivity index (χ1v) is 10.5. The highest BCUT2D eigenvalue weighted by Crippen LogP contribution is 2.22. The Kier molecular flexibility index (Phi) is 6.14. The summed E-state index contributed by atoms with van der Waals surface area (Å²) in [5, 5.41) is 0. The SMILES string of the molecule is Cc1ccc(C)c(S(=O)(=O)N2CCN(CCOc3ccc(F)cc3)CC2)c1. The number of hydrogen-bond acceptors (Lipinski definition) is 4. The van der Waals surface area contributed by atoms with Gasteiger partial charge in [-0.05, 0) is 55.3 Å². The van der Waals surface area contributed by atoms with Gasteiger partial charge in [-0.2, -0.15) is 4.31 Å². The normalized spacial score (nSPS) is 16.4. The Hall–Kier alpha value is -1.96. The molecule has 0 saturated carbocycles. The summed E-state index contributed by atoms with van der Waals surface area (Å²) in [4.78, 5) is 2.58. The Bertz CT molecular complexity index is 877. The van der Waals surface area contributed by atoms with Gasteiger partial charge in [0.25, 0.3) is 0 Å². The highest BCUT2D eigenvalue weighted by Gasteiger charge is 2.29. The Labute approximate surface area is 160 Å². The van der Waals surface area contributed by atoms with Gasteiger partial charge in [-0.25, -0.2) is 12.8 Å². The third-order valence-corrected chi connectivity index (χ3v) is 6.82. The highest BCUT2D eigenvalue weighted by molar-refractivity contribution is 7.89. The molecule has 0 atom stereocenters. The molecule has 146 valence electrons. The molecule has 2 aromatic carbocycles. The minimum absolute atomic E-state index is 0.288. The number of nitrogens with zero attached hydrogens (tertiary/aromatic N) is 2. The zero-order valence-corrected chi connectivity index (χ0v) is 16.5. The molecule has 0 unspecified atom stereocenters. The number of aryl methyl sites for hydroxylation is 2. The molecule has 0 radical (unpaired) electrons. The van der Waals surface area contributed by atoms with Crippen LogP contribution >= 0.6 is 0 Å². The van der Waals surface area contributed by atoms with E-state index in [1.165, 1.54) is 12.1 Å². The molecule has 2 aromatic rings. The Morgan fingerprint density at radius 3 is 2.33 bits per heavy atom. The molecule has 3 rings (SSSR count). The monoisotopic (exact) mass is 392 g/mol. The lowest BCUT2D eigenvalue weighted by molar-refractivity contribution is 0.159. The first-order valence-electron chi connectivity index (χ1n) is 9.04. The van der Waals surface area contributed by atoms with E-state index in [0.29, 0.717) is 50.0 Å². The summed E-state index contributed by atoms with van der Waals surface area (Å²) >= 11 is 0. The van der Waals surface area contributed by atoms with Crippen molar-refractivity contribution in [3.05, 3.63) is 59.4 Å². The van der Waals surface area contributed by atoms with E-state index in [-0.39, 0.29) is 5.82 Å². The van der Waals surface area contributed by atoms with Crippen LogP contribution in [0.2, 0.25) is 0 Å². The summed E-state index contributed by atoms with van der Waals surface area (Å²) < 4.78 is 46.0. The lowest BCUT2D eigenvalue weighted by Gasteiger charge is -2.34. The molecular weight excluding hydrogens is 367 g/mol.